The van der Waals surface area contributed by atoms with E-state index in [1.165, 1.54) is 22.2 Å². The first-order valence-electron chi connectivity index (χ1n) is 7.60. The van der Waals surface area contributed by atoms with E-state index in [2.05, 4.69) is 36.3 Å². The van der Waals surface area contributed by atoms with Crippen LogP contribution in [-0.2, 0) is 11.3 Å². The van der Waals surface area contributed by atoms with Gasteiger partial charge in [0, 0.05) is 17.6 Å². The zero-order valence-corrected chi connectivity index (χ0v) is 12.7. The van der Waals surface area contributed by atoms with Crippen molar-refractivity contribution in [3.63, 3.8) is 0 Å². The molecule has 3 aromatic rings. The summed E-state index contributed by atoms with van der Waals surface area (Å²) in [6.07, 6.45) is 0. The Labute approximate surface area is 129 Å². The summed E-state index contributed by atoms with van der Waals surface area (Å²) < 4.78 is 0. The summed E-state index contributed by atoms with van der Waals surface area (Å²) in [5, 5.41) is 4.23. The van der Waals surface area contributed by atoms with Crippen LogP contribution in [0, 0.1) is 13.8 Å². The van der Waals surface area contributed by atoms with Crippen molar-refractivity contribution >= 4 is 16.8 Å². The SMILES string of the molecule is Cc1[nH]c2c3c(ccc2c1C)CNC(=O)C3c1ccccc1. The van der Waals surface area contributed by atoms with Gasteiger partial charge in [0.1, 0.15) is 0 Å². The molecule has 2 heterocycles. The lowest BCUT2D eigenvalue weighted by atomic mass is 9.83. The Morgan fingerprint density at radius 1 is 1.05 bits per heavy atom. The van der Waals surface area contributed by atoms with Gasteiger partial charge in [-0.15, -0.1) is 0 Å². The molecule has 1 aromatic heterocycles. The minimum atomic E-state index is -0.244. The van der Waals surface area contributed by atoms with Gasteiger partial charge >= 0.3 is 0 Å². The van der Waals surface area contributed by atoms with Gasteiger partial charge in [0.05, 0.1) is 11.4 Å². The number of aromatic amines is 1. The van der Waals surface area contributed by atoms with Crippen LogP contribution in [0.1, 0.15) is 33.9 Å². The first-order chi connectivity index (χ1) is 10.7. The molecular weight excluding hydrogens is 272 g/mol. The van der Waals surface area contributed by atoms with E-state index in [9.17, 15) is 4.79 Å². The van der Waals surface area contributed by atoms with Crippen LogP contribution in [0.3, 0.4) is 0 Å². The first kappa shape index (κ1) is 13.1. The van der Waals surface area contributed by atoms with Crippen LogP contribution < -0.4 is 5.32 Å². The molecule has 0 saturated heterocycles. The number of nitrogens with one attached hydrogen (secondary N) is 2. The van der Waals surface area contributed by atoms with Gasteiger partial charge in [-0.05, 0) is 36.1 Å². The number of H-pyrrole nitrogens is 1. The van der Waals surface area contributed by atoms with Crippen molar-refractivity contribution < 1.29 is 4.79 Å². The van der Waals surface area contributed by atoms with Crippen LogP contribution in [0.2, 0.25) is 0 Å². The van der Waals surface area contributed by atoms with E-state index in [-0.39, 0.29) is 11.8 Å². The third-order valence-electron chi connectivity index (χ3n) is 4.75. The molecule has 4 rings (SSSR count). The Balaban J connectivity index is 2.04. The number of benzene rings is 2. The zero-order chi connectivity index (χ0) is 15.3. The molecule has 0 radical (unpaired) electrons. The van der Waals surface area contributed by atoms with Crippen molar-refractivity contribution in [1.82, 2.24) is 10.3 Å². The lowest BCUT2D eigenvalue weighted by Gasteiger charge is -2.26. The van der Waals surface area contributed by atoms with Crippen molar-refractivity contribution in [2.75, 3.05) is 0 Å². The molecule has 2 aromatic carbocycles. The van der Waals surface area contributed by atoms with E-state index in [1.807, 2.05) is 30.3 Å². The van der Waals surface area contributed by atoms with E-state index in [0.29, 0.717) is 6.54 Å². The summed E-state index contributed by atoms with van der Waals surface area (Å²) in [6.45, 7) is 4.81. The quantitative estimate of drug-likeness (QED) is 0.707. The Bertz CT molecular complexity index is 877. The fourth-order valence-corrected chi connectivity index (χ4v) is 3.46. The average Bonchev–Trinajstić information content (AvgIpc) is 2.83. The number of hydrogen-bond acceptors (Lipinski definition) is 1. The Kier molecular flexibility index (Phi) is 2.83. The van der Waals surface area contributed by atoms with Gasteiger partial charge in [0.15, 0.2) is 0 Å². The van der Waals surface area contributed by atoms with E-state index in [4.69, 9.17) is 0 Å². The summed E-state index contributed by atoms with van der Waals surface area (Å²) in [7, 11) is 0. The fraction of sp³-hybridized carbons (Fsp3) is 0.211. The lowest BCUT2D eigenvalue weighted by Crippen LogP contribution is -2.35. The molecule has 0 aliphatic carbocycles. The standard InChI is InChI=1S/C19H18N2O/c1-11-12(2)21-18-15(11)9-8-14-10-20-19(22)17(16(14)18)13-6-4-3-5-7-13/h3-9,17,21H,10H2,1-2H3,(H,20,22). The lowest BCUT2D eigenvalue weighted by molar-refractivity contribution is -0.122. The second kappa shape index (κ2) is 4.73. The molecule has 0 saturated carbocycles. The maximum Gasteiger partial charge on any atom is 0.232 e. The number of aromatic nitrogens is 1. The minimum absolute atomic E-state index is 0.0797. The van der Waals surface area contributed by atoms with Gasteiger partial charge in [0.25, 0.3) is 0 Å². The van der Waals surface area contributed by atoms with Gasteiger partial charge in [-0.2, -0.15) is 0 Å². The van der Waals surface area contributed by atoms with Gasteiger partial charge in [-0.3, -0.25) is 4.79 Å². The summed E-state index contributed by atoms with van der Waals surface area (Å²) in [4.78, 5) is 16.1. The molecule has 2 N–H and O–H groups in total. The van der Waals surface area contributed by atoms with Gasteiger partial charge in [-0.1, -0.05) is 42.5 Å². The van der Waals surface area contributed by atoms with Gasteiger partial charge in [-0.25, -0.2) is 0 Å². The molecule has 3 heteroatoms. The molecule has 1 aliphatic rings. The third kappa shape index (κ3) is 1.78. The maximum atomic E-state index is 12.6. The predicted molar refractivity (Wildman–Crippen MR) is 87.9 cm³/mol. The van der Waals surface area contributed by atoms with Crippen LogP contribution in [-0.4, -0.2) is 10.9 Å². The molecule has 110 valence electrons. The van der Waals surface area contributed by atoms with Crippen LogP contribution in [0.25, 0.3) is 10.9 Å². The number of aryl methyl sites for hydroxylation is 2. The largest absolute Gasteiger partial charge is 0.358 e. The molecule has 1 unspecified atom stereocenters. The van der Waals surface area contributed by atoms with Gasteiger partial charge in [0.2, 0.25) is 5.91 Å². The summed E-state index contributed by atoms with van der Waals surface area (Å²) in [5.41, 5.74) is 6.90. The van der Waals surface area contributed by atoms with E-state index in [1.54, 1.807) is 0 Å². The van der Waals surface area contributed by atoms with Crippen molar-refractivity contribution in [2.45, 2.75) is 26.3 Å². The topological polar surface area (TPSA) is 44.9 Å². The monoisotopic (exact) mass is 290 g/mol. The first-order valence-corrected chi connectivity index (χ1v) is 7.60. The molecule has 1 aliphatic heterocycles. The number of carbonyl (C=O) groups excluding carboxylic acids is 1. The van der Waals surface area contributed by atoms with Crippen molar-refractivity contribution in [2.24, 2.45) is 0 Å². The van der Waals surface area contributed by atoms with Crippen LogP contribution >= 0.6 is 0 Å². The zero-order valence-electron chi connectivity index (χ0n) is 12.7. The number of fused-ring (bicyclic) bond motifs is 3. The van der Waals surface area contributed by atoms with E-state index >= 15 is 0 Å². The number of rotatable bonds is 1. The Morgan fingerprint density at radius 2 is 1.82 bits per heavy atom. The molecule has 0 fully saturated rings. The van der Waals surface area contributed by atoms with Crippen molar-refractivity contribution in [3.8, 4) is 0 Å². The highest BCUT2D eigenvalue weighted by Crippen LogP contribution is 2.37. The van der Waals surface area contributed by atoms with Gasteiger partial charge < -0.3 is 10.3 Å². The molecule has 22 heavy (non-hydrogen) atoms. The van der Waals surface area contributed by atoms with Crippen molar-refractivity contribution in [3.05, 3.63) is 70.4 Å². The minimum Gasteiger partial charge on any atom is -0.358 e. The normalized spacial score (nSPS) is 17.4. The predicted octanol–water partition coefficient (Wildman–Crippen LogP) is 3.55. The number of amides is 1. The summed E-state index contributed by atoms with van der Waals surface area (Å²) in [5.74, 6) is -0.165. The molecule has 1 amide bonds. The highest BCUT2D eigenvalue weighted by atomic mass is 16.1. The van der Waals surface area contributed by atoms with Crippen LogP contribution in [0.15, 0.2) is 42.5 Å². The highest BCUT2D eigenvalue weighted by Gasteiger charge is 2.31. The van der Waals surface area contributed by atoms with E-state index < -0.39 is 0 Å². The highest BCUT2D eigenvalue weighted by molar-refractivity contribution is 5.97. The molecule has 0 bridgehead atoms. The molecule has 0 spiro atoms. The summed E-state index contributed by atoms with van der Waals surface area (Å²) >= 11 is 0. The molecular formula is C19H18N2O. The second-order valence-electron chi connectivity index (χ2n) is 6.00. The molecule has 3 nitrogen and oxygen atoms in total. The average molecular weight is 290 g/mol. The third-order valence-corrected chi connectivity index (χ3v) is 4.75. The van der Waals surface area contributed by atoms with Crippen LogP contribution in [0.5, 0.6) is 0 Å². The molecule has 1 atom stereocenters. The Morgan fingerprint density at radius 3 is 2.59 bits per heavy atom. The smallest absolute Gasteiger partial charge is 0.232 e. The number of hydrogen-bond donors (Lipinski definition) is 2. The fourth-order valence-electron chi connectivity index (χ4n) is 3.46. The Hall–Kier alpha value is -2.55. The summed E-state index contributed by atoms with van der Waals surface area (Å²) in [6, 6.07) is 14.3. The van der Waals surface area contributed by atoms with E-state index in [0.717, 1.165) is 16.6 Å². The van der Waals surface area contributed by atoms with Crippen LogP contribution in [0.4, 0.5) is 0 Å². The maximum absolute atomic E-state index is 12.6. The van der Waals surface area contributed by atoms with Crippen molar-refractivity contribution in [1.29, 1.82) is 0 Å². The number of carbonyl (C=O) groups is 1. The second-order valence-corrected chi connectivity index (χ2v) is 6.00.